The fourth-order valence-electron chi connectivity index (χ4n) is 1.06. The summed E-state index contributed by atoms with van der Waals surface area (Å²) in [7, 11) is 0. The molecular formula is C9H18BiO2. The maximum absolute atomic E-state index is 10.1. The van der Waals surface area contributed by atoms with Gasteiger partial charge in [0.2, 0.25) is 0 Å². The molecule has 0 unspecified atom stereocenters. The molecule has 0 aliphatic heterocycles. The molecular weight excluding hydrogens is 349 g/mol. The van der Waals surface area contributed by atoms with Gasteiger partial charge in [0.25, 0.3) is 0 Å². The zero-order valence-corrected chi connectivity index (χ0v) is 11.2. The molecule has 71 valence electrons. The van der Waals surface area contributed by atoms with Gasteiger partial charge in [0, 0.05) is 32.6 Å². The van der Waals surface area contributed by atoms with Crippen LogP contribution in [0.1, 0.15) is 51.9 Å². The van der Waals surface area contributed by atoms with Crippen LogP contribution in [0, 0.1) is 0 Å². The Labute approximate surface area is 93.9 Å². The third kappa shape index (κ3) is 13.0. The van der Waals surface area contributed by atoms with E-state index in [1.54, 1.807) is 0 Å². The normalized spacial score (nSPS) is 9.08. The molecule has 0 aromatic heterocycles. The largest absolute Gasteiger partial charge is 0.481 e. The van der Waals surface area contributed by atoms with Gasteiger partial charge in [-0.25, -0.2) is 0 Å². The van der Waals surface area contributed by atoms with Crippen LogP contribution in [0.5, 0.6) is 0 Å². The number of hydrogen-bond acceptors (Lipinski definition) is 1. The van der Waals surface area contributed by atoms with E-state index in [0.29, 0.717) is 6.42 Å². The Balaban J connectivity index is 0. The minimum absolute atomic E-state index is 0. The summed E-state index contributed by atoms with van der Waals surface area (Å²) < 4.78 is 0. The molecule has 0 fully saturated rings. The van der Waals surface area contributed by atoms with Gasteiger partial charge in [-0.15, -0.1) is 0 Å². The number of carbonyl (C=O) groups is 1. The van der Waals surface area contributed by atoms with Crippen LogP contribution in [0.25, 0.3) is 0 Å². The van der Waals surface area contributed by atoms with Crippen molar-refractivity contribution in [3.63, 3.8) is 0 Å². The van der Waals surface area contributed by atoms with E-state index in [4.69, 9.17) is 5.11 Å². The fraction of sp³-hybridized carbons (Fsp3) is 0.889. The Morgan fingerprint density at radius 1 is 1.08 bits per heavy atom. The maximum Gasteiger partial charge on any atom is 0.303 e. The van der Waals surface area contributed by atoms with E-state index in [9.17, 15) is 4.79 Å². The topological polar surface area (TPSA) is 37.3 Å². The Morgan fingerprint density at radius 2 is 1.58 bits per heavy atom. The minimum Gasteiger partial charge on any atom is -0.481 e. The summed E-state index contributed by atoms with van der Waals surface area (Å²) in [5, 5.41) is 8.32. The van der Waals surface area contributed by atoms with Crippen molar-refractivity contribution in [2.75, 3.05) is 0 Å². The molecule has 0 spiro atoms. The fourth-order valence-corrected chi connectivity index (χ4v) is 1.06. The van der Waals surface area contributed by atoms with Crippen LogP contribution in [0.15, 0.2) is 0 Å². The van der Waals surface area contributed by atoms with Crippen LogP contribution < -0.4 is 0 Å². The summed E-state index contributed by atoms with van der Waals surface area (Å²) in [5.41, 5.74) is 0. The van der Waals surface area contributed by atoms with Crippen molar-refractivity contribution in [1.82, 2.24) is 0 Å². The second-order valence-corrected chi connectivity index (χ2v) is 2.91. The van der Waals surface area contributed by atoms with E-state index in [1.165, 1.54) is 25.7 Å². The molecule has 2 nitrogen and oxygen atoms in total. The summed E-state index contributed by atoms with van der Waals surface area (Å²) >= 11 is 0. The van der Waals surface area contributed by atoms with E-state index in [1.807, 2.05) is 0 Å². The molecule has 0 saturated carbocycles. The van der Waals surface area contributed by atoms with Crippen molar-refractivity contribution in [1.29, 1.82) is 0 Å². The van der Waals surface area contributed by atoms with Gasteiger partial charge < -0.3 is 5.11 Å². The van der Waals surface area contributed by atoms with Gasteiger partial charge >= 0.3 is 5.97 Å². The SMILES string of the molecule is CCCCCCCCC(=O)O.[Bi]. The van der Waals surface area contributed by atoms with Crippen LogP contribution >= 0.6 is 0 Å². The average molecular weight is 367 g/mol. The third-order valence-corrected chi connectivity index (χ3v) is 1.74. The van der Waals surface area contributed by atoms with E-state index in [-0.39, 0.29) is 26.2 Å². The Kier molecular flexibility index (Phi) is 14.1. The predicted octanol–water partition coefficient (Wildman–Crippen LogP) is 2.44. The van der Waals surface area contributed by atoms with Gasteiger partial charge in [-0.2, -0.15) is 0 Å². The summed E-state index contributed by atoms with van der Waals surface area (Å²) in [6, 6.07) is 0. The standard InChI is InChI=1S/C9H18O2.Bi/c1-2-3-4-5-6-7-8-9(10)11;/h2-8H2,1H3,(H,10,11);. The molecule has 0 atom stereocenters. The Bertz CT molecular complexity index is 105. The molecule has 12 heavy (non-hydrogen) atoms. The molecule has 1 N–H and O–H groups in total. The first kappa shape index (κ1) is 14.9. The first-order chi connectivity index (χ1) is 5.27. The predicted molar refractivity (Wildman–Crippen MR) is 51.4 cm³/mol. The summed E-state index contributed by atoms with van der Waals surface area (Å²) in [5.74, 6) is -0.666. The average Bonchev–Trinajstić information content (AvgIpc) is 1.96. The minimum atomic E-state index is -0.666. The quantitative estimate of drug-likeness (QED) is 0.555. The first-order valence-electron chi connectivity index (χ1n) is 4.49. The molecule has 0 bridgehead atoms. The van der Waals surface area contributed by atoms with Crippen LogP contribution in [0.3, 0.4) is 0 Å². The van der Waals surface area contributed by atoms with Crippen molar-refractivity contribution in [2.45, 2.75) is 51.9 Å². The summed E-state index contributed by atoms with van der Waals surface area (Å²) in [6.45, 7) is 2.18. The van der Waals surface area contributed by atoms with Crippen molar-refractivity contribution in [3.8, 4) is 0 Å². The second-order valence-electron chi connectivity index (χ2n) is 2.91. The van der Waals surface area contributed by atoms with Gasteiger partial charge in [-0.1, -0.05) is 39.0 Å². The van der Waals surface area contributed by atoms with Crippen molar-refractivity contribution < 1.29 is 9.90 Å². The Hall–Kier alpha value is 0.353. The number of unbranched alkanes of at least 4 members (excludes halogenated alkanes) is 5. The van der Waals surface area contributed by atoms with Gasteiger partial charge in [0.1, 0.15) is 0 Å². The van der Waals surface area contributed by atoms with Gasteiger partial charge in [-0.05, 0) is 6.42 Å². The van der Waals surface area contributed by atoms with Crippen LogP contribution in [-0.2, 0) is 4.79 Å². The van der Waals surface area contributed by atoms with Gasteiger partial charge in [0.15, 0.2) is 0 Å². The number of rotatable bonds is 7. The van der Waals surface area contributed by atoms with Gasteiger partial charge in [0.05, 0.1) is 0 Å². The molecule has 0 aliphatic carbocycles. The van der Waals surface area contributed by atoms with Gasteiger partial charge in [-0.3, -0.25) is 4.79 Å². The van der Waals surface area contributed by atoms with Crippen LogP contribution in [0.2, 0.25) is 0 Å². The molecule has 0 aliphatic rings. The Morgan fingerprint density at radius 3 is 2.08 bits per heavy atom. The van der Waals surface area contributed by atoms with E-state index in [0.717, 1.165) is 12.8 Å². The number of carboxylic acids is 1. The maximum atomic E-state index is 10.1. The third-order valence-electron chi connectivity index (χ3n) is 1.74. The van der Waals surface area contributed by atoms with Crippen molar-refractivity contribution in [3.05, 3.63) is 0 Å². The molecule has 0 heterocycles. The van der Waals surface area contributed by atoms with E-state index >= 15 is 0 Å². The van der Waals surface area contributed by atoms with E-state index in [2.05, 4.69) is 6.92 Å². The second kappa shape index (κ2) is 11.4. The number of aliphatic carboxylic acids is 1. The molecule has 0 aromatic carbocycles. The smallest absolute Gasteiger partial charge is 0.303 e. The summed E-state index contributed by atoms with van der Waals surface area (Å²) in [4.78, 5) is 10.1. The molecule has 3 radical (unpaired) electrons. The zero-order valence-electron chi connectivity index (χ0n) is 7.75. The van der Waals surface area contributed by atoms with Crippen molar-refractivity contribution >= 4 is 32.2 Å². The molecule has 3 heteroatoms. The number of carboxylic acid groups (broad SMARTS) is 1. The molecule has 0 rings (SSSR count). The summed E-state index contributed by atoms with van der Waals surface area (Å²) in [6.07, 6.45) is 7.25. The zero-order chi connectivity index (χ0) is 8.53. The van der Waals surface area contributed by atoms with Crippen LogP contribution in [0.4, 0.5) is 0 Å². The van der Waals surface area contributed by atoms with E-state index < -0.39 is 5.97 Å². The first-order valence-corrected chi connectivity index (χ1v) is 4.49. The molecule has 0 amide bonds. The number of hydrogen-bond donors (Lipinski definition) is 1. The molecule has 0 saturated heterocycles. The van der Waals surface area contributed by atoms with Crippen molar-refractivity contribution in [2.24, 2.45) is 0 Å². The van der Waals surface area contributed by atoms with Crippen LogP contribution in [-0.4, -0.2) is 37.3 Å². The monoisotopic (exact) mass is 367 g/mol. The molecule has 0 aromatic rings.